The van der Waals surface area contributed by atoms with Crippen LogP contribution >= 0.6 is 0 Å². The predicted molar refractivity (Wildman–Crippen MR) is 63.3 cm³/mol. The number of rotatable bonds is 2. The van der Waals surface area contributed by atoms with Crippen molar-refractivity contribution >= 4 is 15.9 Å². The fourth-order valence-electron chi connectivity index (χ4n) is 1.34. The molecule has 0 saturated carbocycles. The second-order valence-electron chi connectivity index (χ2n) is 3.63. The normalized spacial score (nSPS) is 11.9. The van der Waals surface area contributed by atoms with Crippen LogP contribution in [0.3, 0.4) is 0 Å². The molecule has 1 rings (SSSR count). The standard InChI is InChI=1S/C11H11N3O2S/c1-8-9(4-10(6-12)14(8)2)5-11(7-13)17(3,15)16/h4-5H,1-3H3/b11-5-. The lowest BCUT2D eigenvalue weighted by atomic mass is 10.2. The third-order valence-electron chi connectivity index (χ3n) is 2.49. The Hall–Kier alpha value is -2.05. The van der Waals surface area contributed by atoms with Crippen LogP contribution in [0.2, 0.25) is 0 Å². The van der Waals surface area contributed by atoms with Gasteiger partial charge in [0.1, 0.15) is 22.7 Å². The maximum Gasteiger partial charge on any atom is 0.185 e. The van der Waals surface area contributed by atoms with Gasteiger partial charge in [-0.05, 0) is 24.6 Å². The highest BCUT2D eigenvalue weighted by molar-refractivity contribution is 7.95. The molecule has 0 fully saturated rings. The molecule has 17 heavy (non-hydrogen) atoms. The van der Waals surface area contributed by atoms with Crippen LogP contribution in [0, 0.1) is 29.6 Å². The van der Waals surface area contributed by atoms with Crippen molar-refractivity contribution in [2.24, 2.45) is 7.05 Å². The Morgan fingerprint density at radius 2 is 2.06 bits per heavy atom. The largest absolute Gasteiger partial charge is 0.339 e. The van der Waals surface area contributed by atoms with Crippen molar-refractivity contribution in [2.45, 2.75) is 6.92 Å². The van der Waals surface area contributed by atoms with E-state index in [-0.39, 0.29) is 4.91 Å². The summed E-state index contributed by atoms with van der Waals surface area (Å²) in [6, 6.07) is 5.19. The summed E-state index contributed by atoms with van der Waals surface area (Å²) in [7, 11) is -1.83. The van der Waals surface area contributed by atoms with Crippen LogP contribution in [0.5, 0.6) is 0 Å². The maximum absolute atomic E-state index is 11.3. The molecule has 1 aromatic heterocycles. The molecule has 0 saturated heterocycles. The lowest BCUT2D eigenvalue weighted by molar-refractivity contribution is 0.609. The molecular weight excluding hydrogens is 238 g/mol. The minimum atomic E-state index is -3.53. The molecule has 0 amide bonds. The van der Waals surface area contributed by atoms with E-state index in [2.05, 4.69) is 0 Å². The zero-order valence-electron chi connectivity index (χ0n) is 9.72. The second-order valence-corrected chi connectivity index (χ2v) is 5.62. The van der Waals surface area contributed by atoms with Gasteiger partial charge in [0.2, 0.25) is 0 Å². The quantitative estimate of drug-likeness (QED) is 0.735. The monoisotopic (exact) mass is 249 g/mol. The molecule has 0 aliphatic heterocycles. The number of nitrogens with zero attached hydrogens (tertiary/aromatic N) is 3. The lowest BCUT2D eigenvalue weighted by Gasteiger charge is -1.98. The number of allylic oxidation sites excluding steroid dienone is 1. The molecule has 6 heteroatoms. The van der Waals surface area contributed by atoms with E-state index in [9.17, 15) is 8.42 Å². The molecule has 0 aliphatic carbocycles. The Balaban J connectivity index is 3.45. The van der Waals surface area contributed by atoms with Gasteiger partial charge in [0.25, 0.3) is 0 Å². The topological polar surface area (TPSA) is 86.7 Å². The van der Waals surface area contributed by atoms with E-state index in [1.165, 1.54) is 6.08 Å². The van der Waals surface area contributed by atoms with Crippen LogP contribution in [-0.4, -0.2) is 19.2 Å². The van der Waals surface area contributed by atoms with Gasteiger partial charge in [-0.3, -0.25) is 0 Å². The first-order valence-electron chi connectivity index (χ1n) is 4.69. The minimum Gasteiger partial charge on any atom is -0.339 e. The molecule has 5 nitrogen and oxygen atoms in total. The molecule has 0 spiro atoms. The number of nitriles is 2. The summed E-state index contributed by atoms with van der Waals surface area (Å²) in [5.74, 6) is 0. The van der Waals surface area contributed by atoms with Gasteiger partial charge < -0.3 is 4.57 Å². The van der Waals surface area contributed by atoms with Crippen LogP contribution in [0.25, 0.3) is 6.08 Å². The number of hydrogen-bond acceptors (Lipinski definition) is 4. The van der Waals surface area contributed by atoms with Crippen molar-refractivity contribution in [2.75, 3.05) is 6.26 Å². The van der Waals surface area contributed by atoms with Crippen LogP contribution in [0.15, 0.2) is 11.0 Å². The van der Waals surface area contributed by atoms with Crippen molar-refractivity contribution in [3.05, 3.63) is 27.9 Å². The molecule has 1 aromatic rings. The Morgan fingerprint density at radius 1 is 1.47 bits per heavy atom. The Labute approximate surface area is 100 Å². The molecule has 0 atom stereocenters. The third-order valence-corrected chi connectivity index (χ3v) is 3.49. The fraction of sp³-hybridized carbons (Fsp3) is 0.273. The summed E-state index contributed by atoms with van der Waals surface area (Å²) < 4.78 is 24.2. The molecule has 0 unspecified atom stereocenters. The summed E-state index contributed by atoms with van der Waals surface area (Å²) in [5.41, 5.74) is 1.71. The van der Waals surface area contributed by atoms with Gasteiger partial charge in [-0.2, -0.15) is 10.5 Å². The average molecular weight is 249 g/mol. The lowest BCUT2D eigenvalue weighted by Crippen LogP contribution is -1.99. The van der Waals surface area contributed by atoms with Gasteiger partial charge >= 0.3 is 0 Å². The smallest absolute Gasteiger partial charge is 0.185 e. The van der Waals surface area contributed by atoms with E-state index >= 15 is 0 Å². The van der Waals surface area contributed by atoms with E-state index in [1.54, 1.807) is 30.7 Å². The van der Waals surface area contributed by atoms with E-state index < -0.39 is 9.84 Å². The molecule has 1 heterocycles. The zero-order valence-corrected chi connectivity index (χ0v) is 10.5. The van der Waals surface area contributed by atoms with Crippen molar-refractivity contribution in [1.82, 2.24) is 4.57 Å². The zero-order chi connectivity index (χ0) is 13.2. The highest BCUT2D eigenvalue weighted by atomic mass is 32.2. The van der Waals surface area contributed by atoms with E-state index in [4.69, 9.17) is 10.5 Å². The van der Waals surface area contributed by atoms with Crippen molar-refractivity contribution in [3.63, 3.8) is 0 Å². The molecule has 0 aromatic carbocycles. The Kier molecular flexibility index (Phi) is 3.40. The molecule has 0 bridgehead atoms. The number of aromatic nitrogens is 1. The van der Waals surface area contributed by atoms with Gasteiger partial charge in [-0.25, -0.2) is 8.42 Å². The SMILES string of the molecule is Cc1c(/C=C(/C#N)S(C)(=O)=O)cc(C#N)n1C. The second kappa shape index (κ2) is 4.44. The predicted octanol–water partition coefficient (Wildman–Crippen LogP) is 1.11. The number of sulfone groups is 1. The van der Waals surface area contributed by atoms with E-state index in [0.29, 0.717) is 11.3 Å². The summed E-state index contributed by atoms with van der Waals surface area (Å²) in [4.78, 5) is -0.310. The first-order chi connectivity index (χ1) is 7.81. The van der Waals surface area contributed by atoms with Gasteiger partial charge in [0.15, 0.2) is 9.84 Å². The van der Waals surface area contributed by atoms with Gasteiger partial charge in [0, 0.05) is 19.0 Å². The van der Waals surface area contributed by atoms with Crippen LogP contribution in [-0.2, 0) is 16.9 Å². The van der Waals surface area contributed by atoms with Gasteiger partial charge in [0.05, 0.1) is 0 Å². The average Bonchev–Trinajstić information content (AvgIpc) is 2.51. The Bertz CT molecular complexity index is 667. The van der Waals surface area contributed by atoms with Crippen molar-refractivity contribution < 1.29 is 8.42 Å². The molecule has 0 N–H and O–H groups in total. The molecule has 0 radical (unpaired) electrons. The van der Waals surface area contributed by atoms with E-state index in [0.717, 1.165) is 11.9 Å². The minimum absolute atomic E-state index is 0.310. The molecule has 0 aliphatic rings. The first kappa shape index (κ1) is 13.0. The van der Waals surface area contributed by atoms with Crippen LogP contribution in [0.1, 0.15) is 17.0 Å². The summed E-state index contributed by atoms with van der Waals surface area (Å²) in [6.45, 7) is 1.75. The first-order valence-corrected chi connectivity index (χ1v) is 6.58. The Morgan fingerprint density at radius 3 is 2.41 bits per heavy atom. The molecule has 88 valence electrons. The van der Waals surface area contributed by atoms with Crippen molar-refractivity contribution in [1.29, 1.82) is 10.5 Å². The van der Waals surface area contributed by atoms with Crippen molar-refractivity contribution in [3.8, 4) is 12.1 Å². The summed E-state index contributed by atoms with van der Waals surface area (Å²) in [5, 5.41) is 17.6. The highest BCUT2D eigenvalue weighted by Crippen LogP contribution is 2.18. The number of hydrogen-bond donors (Lipinski definition) is 0. The maximum atomic E-state index is 11.3. The van der Waals surface area contributed by atoms with Gasteiger partial charge in [-0.1, -0.05) is 0 Å². The highest BCUT2D eigenvalue weighted by Gasteiger charge is 2.13. The van der Waals surface area contributed by atoms with Crippen LogP contribution in [0.4, 0.5) is 0 Å². The summed E-state index contributed by atoms with van der Waals surface area (Å²) >= 11 is 0. The van der Waals surface area contributed by atoms with Crippen LogP contribution < -0.4 is 0 Å². The van der Waals surface area contributed by atoms with Gasteiger partial charge in [-0.15, -0.1) is 0 Å². The summed E-state index contributed by atoms with van der Waals surface area (Å²) in [6.07, 6.45) is 2.26. The van der Waals surface area contributed by atoms with E-state index in [1.807, 2.05) is 6.07 Å². The fourth-order valence-corrected chi connectivity index (χ4v) is 1.85. The third kappa shape index (κ3) is 2.55. The molecular formula is C11H11N3O2S.